The second kappa shape index (κ2) is 5.99. The number of nitrogens with two attached hydrogens (primary N) is 1. The molecule has 1 saturated carbocycles. The smallest absolute Gasteiger partial charge is 0.226 e. The molecule has 0 aromatic carbocycles. The first-order chi connectivity index (χ1) is 7.88. The van der Waals surface area contributed by atoms with E-state index >= 15 is 0 Å². The molecule has 4 heteroatoms. The molecule has 1 aromatic rings. The molecule has 1 aliphatic rings. The summed E-state index contributed by atoms with van der Waals surface area (Å²) in [5, 5.41) is 3.93. The van der Waals surface area contributed by atoms with Crippen LogP contribution in [-0.4, -0.2) is 16.7 Å². The summed E-state index contributed by atoms with van der Waals surface area (Å²) in [6, 6.07) is 0. The molecule has 1 heterocycles. The van der Waals surface area contributed by atoms with Gasteiger partial charge in [0.05, 0.1) is 0 Å². The molecular weight excluding hydrogens is 202 g/mol. The molecule has 2 N–H and O–H groups in total. The van der Waals surface area contributed by atoms with Crippen LogP contribution in [0.3, 0.4) is 0 Å². The molecule has 4 nitrogen and oxygen atoms in total. The summed E-state index contributed by atoms with van der Waals surface area (Å²) >= 11 is 0. The van der Waals surface area contributed by atoms with Crippen LogP contribution in [0.1, 0.15) is 50.2 Å². The summed E-state index contributed by atoms with van der Waals surface area (Å²) in [4.78, 5) is 4.37. The van der Waals surface area contributed by atoms with Crippen LogP contribution in [-0.2, 0) is 12.8 Å². The van der Waals surface area contributed by atoms with Crippen molar-refractivity contribution in [1.82, 2.24) is 10.1 Å². The fourth-order valence-corrected chi connectivity index (χ4v) is 2.42. The number of aromatic nitrogens is 2. The minimum absolute atomic E-state index is 0.586. The van der Waals surface area contributed by atoms with Crippen LogP contribution in [0.25, 0.3) is 0 Å². The Morgan fingerprint density at radius 2 is 1.94 bits per heavy atom. The van der Waals surface area contributed by atoms with Crippen molar-refractivity contribution in [3.05, 3.63) is 11.7 Å². The van der Waals surface area contributed by atoms with E-state index in [2.05, 4.69) is 10.1 Å². The summed E-state index contributed by atoms with van der Waals surface area (Å²) in [5.74, 6) is 2.30. The van der Waals surface area contributed by atoms with Gasteiger partial charge >= 0.3 is 0 Å². The SMILES string of the molecule is NCCc1noc(CC2CCCCCC2)n1. The first kappa shape index (κ1) is 11.6. The molecule has 1 aliphatic carbocycles. The standard InChI is InChI=1S/C12H21N3O/c13-8-7-11-14-12(16-15-11)9-10-5-3-1-2-4-6-10/h10H,1-9,13H2. The van der Waals surface area contributed by atoms with Crippen molar-refractivity contribution < 1.29 is 4.52 Å². The van der Waals surface area contributed by atoms with E-state index < -0.39 is 0 Å². The largest absolute Gasteiger partial charge is 0.339 e. The van der Waals surface area contributed by atoms with E-state index in [-0.39, 0.29) is 0 Å². The van der Waals surface area contributed by atoms with Crippen LogP contribution in [0.4, 0.5) is 0 Å². The molecular formula is C12H21N3O. The Kier molecular flexibility index (Phi) is 4.34. The van der Waals surface area contributed by atoms with Gasteiger partial charge in [-0.2, -0.15) is 4.98 Å². The maximum Gasteiger partial charge on any atom is 0.226 e. The third-order valence-corrected chi connectivity index (χ3v) is 3.32. The second-order valence-corrected chi connectivity index (χ2v) is 4.70. The average molecular weight is 223 g/mol. The quantitative estimate of drug-likeness (QED) is 0.794. The zero-order chi connectivity index (χ0) is 11.2. The predicted molar refractivity (Wildman–Crippen MR) is 62.0 cm³/mol. The Hall–Kier alpha value is -0.900. The van der Waals surface area contributed by atoms with Gasteiger partial charge in [0, 0.05) is 12.8 Å². The molecule has 0 atom stereocenters. The van der Waals surface area contributed by atoms with E-state index in [1.165, 1.54) is 38.5 Å². The lowest BCUT2D eigenvalue weighted by Gasteiger charge is -2.09. The summed E-state index contributed by atoms with van der Waals surface area (Å²) in [6.07, 6.45) is 9.79. The van der Waals surface area contributed by atoms with Gasteiger partial charge in [-0.3, -0.25) is 0 Å². The predicted octanol–water partition coefficient (Wildman–Crippen LogP) is 2.08. The van der Waals surface area contributed by atoms with Gasteiger partial charge in [-0.05, 0) is 25.3 Å². The first-order valence-corrected chi connectivity index (χ1v) is 6.40. The second-order valence-electron chi connectivity index (χ2n) is 4.70. The Balaban J connectivity index is 1.86. The fourth-order valence-electron chi connectivity index (χ4n) is 2.42. The number of hydrogen-bond acceptors (Lipinski definition) is 4. The van der Waals surface area contributed by atoms with Gasteiger partial charge in [-0.15, -0.1) is 0 Å². The van der Waals surface area contributed by atoms with Crippen LogP contribution in [0.5, 0.6) is 0 Å². The summed E-state index contributed by atoms with van der Waals surface area (Å²) in [6.45, 7) is 0.586. The summed E-state index contributed by atoms with van der Waals surface area (Å²) < 4.78 is 5.24. The Bertz CT molecular complexity index is 303. The van der Waals surface area contributed by atoms with E-state index in [4.69, 9.17) is 10.3 Å². The Morgan fingerprint density at radius 3 is 2.62 bits per heavy atom. The van der Waals surface area contributed by atoms with Crippen LogP contribution >= 0.6 is 0 Å². The van der Waals surface area contributed by atoms with Gasteiger partial charge in [0.1, 0.15) is 0 Å². The molecule has 0 spiro atoms. The van der Waals surface area contributed by atoms with Gasteiger partial charge in [-0.25, -0.2) is 0 Å². The zero-order valence-electron chi connectivity index (χ0n) is 9.82. The highest BCUT2D eigenvalue weighted by Crippen LogP contribution is 2.25. The molecule has 0 unspecified atom stereocenters. The maximum atomic E-state index is 5.45. The molecule has 0 bridgehead atoms. The molecule has 0 amide bonds. The van der Waals surface area contributed by atoms with E-state index in [1.807, 2.05) is 0 Å². The highest BCUT2D eigenvalue weighted by Gasteiger charge is 2.16. The van der Waals surface area contributed by atoms with Crippen molar-refractivity contribution in [3.63, 3.8) is 0 Å². The summed E-state index contributed by atoms with van der Waals surface area (Å²) in [7, 11) is 0. The average Bonchev–Trinajstić information content (AvgIpc) is 2.56. The number of nitrogens with zero attached hydrogens (tertiary/aromatic N) is 2. The fraction of sp³-hybridized carbons (Fsp3) is 0.833. The zero-order valence-corrected chi connectivity index (χ0v) is 9.82. The van der Waals surface area contributed by atoms with E-state index in [1.54, 1.807) is 0 Å². The van der Waals surface area contributed by atoms with E-state index in [9.17, 15) is 0 Å². The van der Waals surface area contributed by atoms with E-state index in [0.29, 0.717) is 13.0 Å². The molecule has 0 aliphatic heterocycles. The van der Waals surface area contributed by atoms with Crippen molar-refractivity contribution in [1.29, 1.82) is 0 Å². The lowest BCUT2D eigenvalue weighted by molar-refractivity contribution is 0.336. The Labute approximate surface area is 96.6 Å². The molecule has 1 fully saturated rings. The summed E-state index contributed by atoms with van der Waals surface area (Å²) in [5.41, 5.74) is 5.45. The van der Waals surface area contributed by atoms with Crippen LogP contribution in [0.2, 0.25) is 0 Å². The first-order valence-electron chi connectivity index (χ1n) is 6.40. The van der Waals surface area contributed by atoms with Crippen LogP contribution in [0, 0.1) is 5.92 Å². The minimum Gasteiger partial charge on any atom is -0.339 e. The molecule has 0 saturated heterocycles. The molecule has 16 heavy (non-hydrogen) atoms. The maximum absolute atomic E-state index is 5.45. The molecule has 1 aromatic heterocycles. The topological polar surface area (TPSA) is 64.9 Å². The van der Waals surface area contributed by atoms with Crippen molar-refractivity contribution in [3.8, 4) is 0 Å². The lowest BCUT2D eigenvalue weighted by atomic mass is 9.97. The monoisotopic (exact) mass is 223 g/mol. The molecule has 0 radical (unpaired) electrons. The van der Waals surface area contributed by atoms with Crippen LogP contribution < -0.4 is 5.73 Å². The van der Waals surface area contributed by atoms with Gasteiger partial charge in [0.15, 0.2) is 5.82 Å². The highest BCUT2D eigenvalue weighted by atomic mass is 16.5. The highest BCUT2D eigenvalue weighted by molar-refractivity contribution is 4.88. The van der Waals surface area contributed by atoms with Crippen molar-refractivity contribution in [2.24, 2.45) is 11.7 Å². The van der Waals surface area contributed by atoms with Gasteiger partial charge in [-0.1, -0.05) is 30.8 Å². The van der Waals surface area contributed by atoms with E-state index in [0.717, 1.165) is 24.1 Å². The van der Waals surface area contributed by atoms with Crippen molar-refractivity contribution >= 4 is 0 Å². The molecule has 2 rings (SSSR count). The van der Waals surface area contributed by atoms with Crippen LogP contribution in [0.15, 0.2) is 4.52 Å². The van der Waals surface area contributed by atoms with Crippen molar-refractivity contribution in [2.45, 2.75) is 51.4 Å². The minimum atomic E-state index is 0.586. The number of hydrogen-bond donors (Lipinski definition) is 1. The van der Waals surface area contributed by atoms with Crippen molar-refractivity contribution in [2.75, 3.05) is 6.54 Å². The van der Waals surface area contributed by atoms with Gasteiger partial charge < -0.3 is 10.3 Å². The lowest BCUT2D eigenvalue weighted by Crippen LogP contribution is -2.05. The normalized spacial score (nSPS) is 18.6. The number of rotatable bonds is 4. The van der Waals surface area contributed by atoms with Gasteiger partial charge in [0.25, 0.3) is 0 Å². The Morgan fingerprint density at radius 1 is 1.19 bits per heavy atom. The molecule has 90 valence electrons. The van der Waals surface area contributed by atoms with Gasteiger partial charge in [0.2, 0.25) is 5.89 Å². The third-order valence-electron chi connectivity index (χ3n) is 3.32. The third kappa shape index (κ3) is 3.30.